The van der Waals surface area contributed by atoms with Crippen LogP contribution in [0.25, 0.3) is 0 Å². The Morgan fingerprint density at radius 2 is 2.17 bits per heavy atom. The molecular formula is C13H21NO4. The third-order valence-corrected chi connectivity index (χ3v) is 2.69. The molecule has 0 saturated carbocycles. The van der Waals surface area contributed by atoms with E-state index in [2.05, 4.69) is 10.1 Å². The molecule has 5 nitrogen and oxygen atoms in total. The van der Waals surface area contributed by atoms with E-state index in [1.54, 1.807) is 6.07 Å². The van der Waals surface area contributed by atoms with Gasteiger partial charge in [0.05, 0.1) is 13.4 Å². The van der Waals surface area contributed by atoms with E-state index in [1.807, 2.05) is 0 Å². The number of nitrogens with one attached hydrogen (secondary N) is 1. The van der Waals surface area contributed by atoms with Crippen molar-refractivity contribution in [2.24, 2.45) is 0 Å². The van der Waals surface area contributed by atoms with Crippen LogP contribution in [0.2, 0.25) is 0 Å². The predicted molar refractivity (Wildman–Crippen MR) is 67.3 cm³/mol. The van der Waals surface area contributed by atoms with Crippen molar-refractivity contribution in [1.29, 1.82) is 0 Å². The molecule has 0 atom stereocenters. The van der Waals surface area contributed by atoms with Crippen molar-refractivity contribution >= 4 is 5.97 Å². The summed E-state index contributed by atoms with van der Waals surface area (Å²) in [5, 5.41) is 11.9. The molecule has 0 aliphatic carbocycles. The Kier molecular flexibility index (Phi) is 7.13. The Balaban J connectivity index is 2.19. The van der Waals surface area contributed by atoms with Crippen LogP contribution in [-0.4, -0.2) is 31.3 Å². The van der Waals surface area contributed by atoms with Crippen LogP contribution in [0.5, 0.6) is 0 Å². The van der Waals surface area contributed by atoms with Gasteiger partial charge in [-0.1, -0.05) is 12.8 Å². The van der Waals surface area contributed by atoms with Gasteiger partial charge in [-0.2, -0.15) is 0 Å². The zero-order valence-electron chi connectivity index (χ0n) is 10.8. The molecule has 0 bridgehead atoms. The lowest BCUT2D eigenvalue weighted by atomic mass is 10.2. The summed E-state index contributed by atoms with van der Waals surface area (Å²) in [6, 6.07) is 1.77. The van der Waals surface area contributed by atoms with E-state index in [4.69, 9.17) is 9.52 Å². The van der Waals surface area contributed by atoms with Gasteiger partial charge in [-0.25, -0.2) is 4.79 Å². The first kappa shape index (κ1) is 14.7. The summed E-state index contributed by atoms with van der Waals surface area (Å²) in [7, 11) is 1.34. The van der Waals surface area contributed by atoms with Gasteiger partial charge < -0.3 is 19.6 Å². The molecule has 0 spiro atoms. The topological polar surface area (TPSA) is 71.7 Å². The number of rotatable bonds is 9. The fraction of sp³-hybridized carbons (Fsp3) is 0.615. The van der Waals surface area contributed by atoms with Crippen LogP contribution in [-0.2, 0) is 11.3 Å². The van der Waals surface area contributed by atoms with Gasteiger partial charge in [-0.15, -0.1) is 0 Å². The number of ether oxygens (including phenoxy) is 1. The van der Waals surface area contributed by atoms with Gasteiger partial charge in [0.25, 0.3) is 0 Å². The van der Waals surface area contributed by atoms with Crippen molar-refractivity contribution in [3.8, 4) is 0 Å². The lowest BCUT2D eigenvalue weighted by molar-refractivity contribution is 0.0563. The highest BCUT2D eigenvalue weighted by Gasteiger charge is 2.14. The third kappa shape index (κ3) is 4.89. The number of methoxy groups -OCH3 is 1. The van der Waals surface area contributed by atoms with Crippen LogP contribution in [0.4, 0.5) is 0 Å². The van der Waals surface area contributed by atoms with Crippen molar-refractivity contribution in [2.45, 2.75) is 32.2 Å². The molecule has 5 heteroatoms. The number of carbonyl (C=O) groups excluding carboxylic acids is 1. The second-order valence-corrected chi connectivity index (χ2v) is 4.08. The standard InChI is InChI=1S/C13H21NO4/c1-17-13(16)12-11(6-9-18-12)10-14-7-4-2-3-5-8-15/h6,9,14-15H,2-5,7-8,10H2,1H3. The lowest BCUT2D eigenvalue weighted by Crippen LogP contribution is -2.16. The second kappa shape index (κ2) is 8.72. The molecule has 1 rings (SSSR count). The third-order valence-electron chi connectivity index (χ3n) is 2.69. The first-order chi connectivity index (χ1) is 8.79. The summed E-state index contributed by atoms with van der Waals surface area (Å²) in [5.41, 5.74) is 0.817. The first-order valence-corrected chi connectivity index (χ1v) is 6.26. The second-order valence-electron chi connectivity index (χ2n) is 4.08. The van der Waals surface area contributed by atoms with E-state index >= 15 is 0 Å². The van der Waals surface area contributed by atoms with E-state index in [-0.39, 0.29) is 12.4 Å². The molecule has 0 amide bonds. The first-order valence-electron chi connectivity index (χ1n) is 6.26. The molecule has 0 aromatic carbocycles. The maximum atomic E-state index is 11.3. The smallest absolute Gasteiger partial charge is 0.374 e. The van der Waals surface area contributed by atoms with Crippen LogP contribution < -0.4 is 5.32 Å². The Labute approximate surface area is 107 Å². The predicted octanol–water partition coefficient (Wildman–Crippen LogP) is 1.71. The van der Waals surface area contributed by atoms with Gasteiger partial charge in [0, 0.05) is 18.7 Å². The molecule has 0 saturated heterocycles. The minimum Gasteiger partial charge on any atom is -0.463 e. The number of hydrogen-bond acceptors (Lipinski definition) is 5. The number of esters is 1. The van der Waals surface area contributed by atoms with Crippen LogP contribution in [0.1, 0.15) is 41.8 Å². The fourth-order valence-electron chi connectivity index (χ4n) is 1.69. The number of carbonyl (C=O) groups is 1. The summed E-state index contributed by atoms with van der Waals surface area (Å²) in [6.07, 6.45) is 5.57. The Morgan fingerprint density at radius 3 is 2.89 bits per heavy atom. The Bertz CT molecular complexity index is 349. The monoisotopic (exact) mass is 255 g/mol. The molecule has 1 heterocycles. The van der Waals surface area contributed by atoms with Gasteiger partial charge in [0.2, 0.25) is 5.76 Å². The molecule has 2 N–H and O–H groups in total. The summed E-state index contributed by atoms with van der Waals surface area (Å²) in [5.74, 6) is -0.176. The van der Waals surface area contributed by atoms with E-state index in [1.165, 1.54) is 13.4 Å². The molecule has 0 radical (unpaired) electrons. The number of furan rings is 1. The number of aliphatic hydroxyl groups is 1. The molecule has 1 aromatic rings. The van der Waals surface area contributed by atoms with E-state index < -0.39 is 5.97 Å². The quantitative estimate of drug-likeness (QED) is 0.519. The zero-order valence-corrected chi connectivity index (χ0v) is 10.8. The highest BCUT2D eigenvalue weighted by Crippen LogP contribution is 2.11. The van der Waals surface area contributed by atoms with Crippen molar-refractivity contribution in [1.82, 2.24) is 5.32 Å². The molecular weight excluding hydrogens is 234 g/mol. The minimum atomic E-state index is -0.445. The molecule has 0 fully saturated rings. The fourth-order valence-corrected chi connectivity index (χ4v) is 1.69. The summed E-state index contributed by atoms with van der Waals surface area (Å²) in [6.45, 7) is 1.75. The highest BCUT2D eigenvalue weighted by molar-refractivity contribution is 5.87. The zero-order chi connectivity index (χ0) is 13.2. The molecule has 0 aliphatic rings. The lowest BCUT2D eigenvalue weighted by Gasteiger charge is -2.04. The minimum absolute atomic E-state index is 0.269. The average Bonchev–Trinajstić information content (AvgIpc) is 2.85. The summed E-state index contributed by atoms with van der Waals surface area (Å²) in [4.78, 5) is 11.3. The van der Waals surface area contributed by atoms with Gasteiger partial charge >= 0.3 is 5.97 Å². The van der Waals surface area contributed by atoms with Crippen molar-refractivity contribution in [3.05, 3.63) is 23.7 Å². The Hall–Kier alpha value is -1.33. The molecule has 18 heavy (non-hydrogen) atoms. The maximum absolute atomic E-state index is 11.3. The van der Waals surface area contributed by atoms with E-state index in [9.17, 15) is 4.79 Å². The molecule has 0 unspecified atom stereocenters. The van der Waals surface area contributed by atoms with Crippen molar-refractivity contribution in [3.63, 3.8) is 0 Å². The molecule has 102 valence electrons. The van der Waals surface area contributed by atoms with Crippen LogP contribution in [0.3, 0.4) is 0 Å². The normalized spacial score (nSPS) is 10.6. The largest absolute Gasteiger partial charge is 0.463 e. The Morgan fingerprint density at radius 1 is 1.39 bits per heavy atom. The van der Waals surface area contributed by atoms with E-state index in [0.29, 0.717) is 6.54 Å². The van der Waals surface area contributed by atoms with Gasteiger partial charge in [0.1, 0.15) is 0 Å². The summed E-state index contributed by atoms with van der Waals surface area (Å²) < 4.78 is 9.71. The molecule has 1 aromatic heterocycles. The van der Waals surface area contributed by atoms with Gasteiger partial charge in [-0.3, -0.25) is 0 Å². The maximum Gasteiger partial charge on any atom is 0.374 e. The average molecular weight is 255 g/mol. The van der Waals surface area contributed by atoms with E-state index in [0.717, 1.165) is 37.8 Å². The number of hydrogen-bond donors (Lipinski definition) is 2. The number of unbranched alkanes of at least 4 members (excludes halogenated alkanes) is 3. The van der Waals surface area contributed by atoms with Crippen molar-refractivity contribution < 1.29 is 19.1 Å². The van der Waals surface area contributed by atoms with Gasteiger partial charge in [-0.05, 0) is 25.5 Å². The molecule has 0 aliphatic heterocycles. The highest BCUT2D eigenvalue weighted by atomic mass is 16.5. The summed E-state index contributed by atoms with van der Waals surface area (Å²) >= 11 is 0. The van der Waals surface area contributed by atoms with Crippen LogP contribution >= 0.6 is 0 Å². The van der Waals surface area contributed by atoms with Crippen LogP contribution in [0, 0.1) is 0 Å². The number of aliphatic hydroxyl groups excluding tert-OH is 1. The van der Waals surface area contributed by atoms with Gasteiger partial charge in [0.15, 0.2) is 0 Å². The SMILES string of the molecule is COC(=O)c1occc1CNCCCCCCO. The van der Waals surface area contributed by atoms with Crippen molar-refractivity contribution in [2.75, 3.05) is 20.3 Å². The van der Waals surface area contributed by atoms with Crippen LogP contribution in [0.15, 0.2) is 16.7 Å².